The number of carbonyl (C=O) groups is 1. The zero-order valence-corrected chi connectivity index (χ0v) is 9.19. The molecule has 0 unspecified atom stereocenters. The molecule has 3 nitrogen and oxygen atoms in total. The molecule has 0 aromatic heterocycles. The second-order valence-corrected chi connectivity index (χ2v) is 3.49. The maximum absolute atomic E-state index is 10.6. The van der Waals surface area contributed by atoms with Crippen LogP contribution in [-0.2, 0) is 11.3 Å². The third-order valence-corrected chi connectivity index (χ3v) is 2.17. The first-order chi connectivity index (χ1) is 7.74. The lowest BCUT2D eigenvalue weighted by molar-refractivity contribution is 0.0696. The second kappa shape index (κ2) is 6.80. The van der Waals surface area contributed by atoms with E-state index in [9.17, 15) is 4.79 Å². The zero-order valence-electron chi connectivity index (χ0n) is 9.19. The van der Waals surface area contributed by atoms with Gasteiger partial charge in [-0.15, -0.1) is 6.58 Å². The van der Waals surface area contributed by atoms with E-state index in [0.717, 1.165) is 18.4 Å². The summed E-state index contributed by atoms with van der Waals surface area (Å²) in [5.41, 5.74) is 1.29. The Bertz CT molecular complexity index is 341. The normalized spacial score (nSPS) is 10.0. The van der Waals surface area contributed by atoms with Crippen LogP contribution in [0.25, 0.3) is 0 Å². The highest BCUT2D eigenvalue weighted by Crippen LogP contribution is 2.06. The molecule has 1 aromatic carbocycles. The fourth-order valence-corrected chi connectivity index (χ4v) is 1.26. The summed E-state index contributed by atoms with van der Waals surface area (Å²) < 4.78 is 5.43. The van der Waals surface area contributed by atoms with Crippen LogP contribution in [0.4, 0.5) is 0 Å². The molecule has 1 N–H and O–H groups in total. The Balaban J connectivity index is 2.32. The predicted octanol–water partition coefficient (Wildman–Crippen LogP) is 2.87. The molecule has 0 saturated heterocycles. The predicted molar refractivity (Wildman–Crippen MR) is 62.5 cm³/mol. The van der Waals surface area contributed by atoms with Crippen molar-refractivity contribution < 1.29 is 14.6 Å². The summed E-state index contributed by atoms with van der Waals surface area (Å²) in [6.45, 7) is 4.86. The van der Waals surface area contributed by atoms with Crippen molar-refractivity contribution in [2.24, 2.45) is 0 Å². The van der Waals surface area contributed by atoms with Crippen molar-refractivity contribution in [3.05, 3.63) is 48.0 Å². The number of unbranched alkanes of at least 4 members (excludes halogenated alkanes) is 1. The van der Waals surface area contributed by atoms with Gasteiger partial charge in [-0.2, -0.15) is 0 Å². The van der Waals surface area contributed by atoms with Crippen LogP contribution in [0.5, 0.6) is 0 Å². The van der Waals surface area contributed by atoms with Crippen LogP contribution in [-0.4, -0.2) is 17.7 Å². The second-order valence-electron chi connectivity index (χ2n) is 3.49. The molecule has 0 saturated carbocycles. The number of hydrogen-bond acceptors (Lipinski definition) is 2. The zero-order chi connectivity index (χ0) is 11.8. The first-order valence-corrected chi connectivity index (χ1v) is 5.25. The SMILES string of the molecule is C=CCCCOCc1ccc(C(=O)O)cc1. The van der Waals surface area contributed by atoms with E-state index in [1.54, 1.807) is 24.3 Å². The van der Waals surface area contributed by atoms with Crippen LogP contribution in [0, 0.1) is 0 Å². The standard InChI is InChI=1S/C13H16O3/c1-2-3-4-9-16-10-11-5-7-12(8-6-11)13(14)15/h2,5-8H,1,3-4,9-10H2,(H,14,15). The Morgan fingerprint density at radius 3 is 2.62 bits per heavy atom. The average molecular weight is 220 g/mol. The highest BCUT2D eigenvalue weighted by atomic mass is 16.5. The highest BCUT2D eigenvalue weighted by molar-refractivity contribution is 5.87. The van der Waals surface area contributed by atoms with Gasteiger partial charge in [0.15, 0.2) is 0 Å². The van der Waals surface area contributed by atoms with Crippen LogP contribution < -0.4 is 0 Å². The van der Waals surface area contributed by atoms with Crippen molar-refractivity contribution in [3.63, 3.8) is 0 Å². The van der Waals surface area contributed by atoms with Crippen molar-refractivity contribution in [2.75, 3.05) is 6.61 Å². The van der Waals surface area contributed by atoms with Gasteiger partial charge >= 0.3 is 5.97 Å². The highest BCUT2D eigenvalue weighted by Gasteiger charge is 2.01. The van der Waals surface area contributed by atoms with Gasteiger partial charge in [0.1, 0.15) is 0 Å². The van der Waals surface area contributed by atoms with Crippen LogP contribution in [0.3, 0.4) is 0 Å². The number of ether oxygens (including phenoxy) is 1. The summed E-state index contributed by atoms with van der Waals surface area (Å²) in [6.07, 6.45) is 3.79. The lowest BCUT2D eigenvalue weighted by atomic mass is 10.1. The van der Waals surface area contributed by atoms with Gasteiger partial charge in [0.25, 0.3) is 0 Å². The van der Waals surface area contributed by atoms with Crippen molar-refractivity contribution in [1.29, 1.82) is 0 Å². The maximum Gasteiger partial charge on any atom is 0.335 e. The molecular weight excluding hydrogens is 204 g/mol. The smallest absolute Gasteiger partial charge is 0.335 e. The number of allylic oxidation sites excluding steroid dienone is 1. The van der Waals surface area contributed by atoms with Crippen molar-refractivity contribution in [2.45, 2.75) is 19.4 Å². The Hall–Kier alpha value is -1.61. The fourth-order valence-electron chi connectivity index (χ4n) is 1.26. The number of carboxylic acids is 1. The summed E-state index contributed by atoms with van der Waals surface area (Å²) in [6, 6.07) is 6.73. The summed E-state index contributed by atoms with van der Waals surface area (Å²) >= 11 is 0. The third-order valence-electron chi connectivity index (χ3n) is 2.17. The molecule has 16 heavy (non-hydrogen) atoms. The van der Waals surface area contributed by atoms with Gasteiger partial charge < -0.3 is 9.84 Å². The van der Waals surface area contributed by atoms with E-state index in [-0.39, 0.29) is 0 Å². The van der Waals surface area contributed by atoms with Crippen LogP contribution in [0.2, 0.25) is 0 Å². The quantitative estimate of drug-likeness (QED) is 0.567. The molecule has 0 atom stereocenters. The van der Waals surface area contributed by atoms with Crippen molar-refractivity contribution >= 4 is 5.97 Å². The Kier molecular flexibility index (Phi) is 5.29. The van der Waals surface area contributed by atoms with E-state index in [1.165, 1.54) is 0 Å². The summed E-state index contributed by atoms with van der Waals surface area (Å²) in [4.78, 5) is 10.6. The fraction of sp³-hybridized carbons (Fsp3) is 0.308. The number of carboxylic acid groups (broad SMARTS) is 1. The van der Waals surface area contributed by atoms with Crippen molar-refractivity contribution in [1.82, 2.24) is 0 Å². The van der Waals surface area contributed by atoms with Crippen LogP contribution in [0.1, 0.15) is 28.8 Å². The molecule has 1 aromatic rings. The average Bonchev–Trinajstić information content (AvgIpc) is 2.29. The first-order valence-electron chi connectivity index (χ1n) is 5.25. The molecule has 3 heteroatoms. The molecule has 0 radical (unpaired) electrons. The molecule has 0 aliphatic carbocycles. The third kappa shape index (κ3) is 4.28. The lowest BCUT2D eigenvalue weighted by Crippen LogP contribution is -1.98. The molecule has 0 heterocycles. The molecular formula is C13H16O3. The van der Waals surface area contributed by atoms with E-state index in [4.69, 9.17) is 9.84 Å². The van der Waals surface area contributed by atoms with E-state index in [2.05, 4.69) is 6.58 Å². The Labute approximate surface area is 95.4 Å². The number of benzene rings is 1. The molecule has 0 bridgehead atoms. The van der Waals surface area contributed by atoms with Gasteiger partial charge in [-0.05, 0) is 30.5 Å². The Morgan fingerprint density at radius 1 is 1.38 bits per heavy atom. The maximum atomic E-state index is 10.6. The first kappa shape index (κ1) is 12.5. The summed E-state index contributed by atoms with van der Waals surface area (Å²) in [7, 11) is 0. The molecule has 0 fully saturated rings. The van der Waals surface area contributed by atoms with Gasteiger partial charge in [0.05, 0.1) is 12.2 Å². The summed E-state index contributed by atoms with van der Waals surface area (Å²) in [5.74, 6) is -0.904. The number of hydrogen-bond donors (Lipinski definition) is 1. The largest absolute Gasteiger partial charge is 0.478 e. The molecule has 86 valence electrons. The number of aromatic carboxylic acids is 1. The van der Waals surface area contributed by atoms with Crippen molar-refractivity contribution in [3.8, 4) is 0 Å². The van der Waals surface area contributed by atoms with E-state index < -0.39 is 5.97 Å². The molecule has 0 aliphatic heterocycles. The molecule has 0 aliphatic rings. The minimum atomic E-state index is -0.904. The summed E-state index contributed by atoms with van der Waals surface area (Å²) in [5, 5.41) is 8.71. The minimum Gasteiger partial charge on any atom is -0.478 e. The molecule has 1 rings (SSSR count). The van der Waals surface area contributed by atoms with Gasteiger partial charge in [-0.25, -0.2) is 4.79 Å². The van der Waals surface area contributed by atoms with E-state index >= 15 is 0 Å². The topological polar surface area (TPSA) is 46.5 Å². The van der Waals surface area contributed by atoms with Gasteiger partial charge in [-0.1, -0.05) is 18.2 Å². The van der Waals surface area contributed by atoms with E-state index in [1.807, 2.05) is 6.08 Å². The van der Waals surface area contributed by atoms with Crippen LogP contribution in [0.15, 0.2) is 36.9 Å². The van der Waals surface area contributed by atoms with Gasteiger partial charge in [0, 0.05) is 6.61 Å². The van der Waals surface area contributed by atoms with Gasteiger partial charge in [-0.3, -0.25) is 0 Å². The monoisotopic (exact) mass is 220 g/mol. The van der Waals surface area contributed by atoms with Crippen LogP contribution >= 0.6 is 0 Å². The van der Waals surface area contributed by atoms with Gasteiger partial charge in [0.2, 0.25) is 0 Å². The Morgan fingerprint density at radius 2 is 2.06 bits per heavy atom. The number of rotatable bonds is 7. The lowest BCUT2D eigenvalue weighted by Gasteiger charge is -2.03. The molecule has 0 amide bonds. The van der Waals surface area contributed by atoms with E-state index in [0.29, 0.717) is 18.8 Å². The minimum absolute atomic E-state index is 0.301. The molecule has 0 spiro atoms.